The molecule has 0 radical (unpaired) electrons. The third-order valence-electron chi connectivity index (χ3n) is 8.64. The second-order valence-corrected chi connectivity index (χ2v) is 11.0. The molecule has 0 aromatic heterocycles. The molecule has 5 nitrogen and oxygen atoms in total. The second kappa shape index (κ2) is 9.07. The summed E-state index contributed by atoms with van der Waals surface area (Å²) in [5, 5.41) is 3.27. The lowest BCUT2D eigenvalue weighted by Crippen LogP contribution is -2.51. The SMILES string of the molecule is CCCCCC(=O)N1CCN(c2ccc(NC(=O)C34CC5CC(CC(C5)C3)C4)cc2)CC1. The van der Waals surface area contributed by atoms with Crippen molar-refractivity contribution in [1.29, 1.82) is 0 Å². The largest absolute Gasteiger partial charge is 0.368 e. The number of nitrogens with zero attached hydrogens (tertiary/aromatic N) is 2. The zero-order valence-electron chi connectivity index (χ0n) is 19.7. The number of benzene rings is 1. The van der Waals surface area contributed by atoms with Crippen molar-refractivity contribution in [2.45, 2.75) is 71.1 Å². The van der Waals surface area contributed by atoms with Gasteiger partial charge in [-0.1, -0.05) is 19.8 Å². The Balaban J connectivity index is 1.14. The lowest BCUT2D eigenvalue weighted by atomic mass is 9.49. The van der Waals surface area contributed by atoms with Gasteiger partial charge in [-0.05, 0) is 87.0 Å². The number of rotatable bonds is 7. The average molecular weight is 438 g/mol. The molecule has 4 saturated carbocycles. The molecule has 174 valence electrons. The van der Waals surface area contributed by atoms with Crippen LogP contribution in [0.25, 0.3) is 0 Å². The van der Waals surface area contributed by atoms with E-state index in [2.05, 4.69) is 41.4 Å². The van der Waals surface area contributed by atoms with Crippen LogP contribution in [-0.4, -0.2) is 42.9 Å². The molecule has 1 heterocycles. The lowest BCUT2D eigenvalue weighted by Gasteiger charge is -2.55. The molecule has 0 unspecified atom stereocenters. The first-order chi connectivity index (χ1) is 15.5. The molecule has 1 saturated heterocycles. The minimum Gasteiger partial charge on any atom is -0.368 e. The van der Waals surface area contributed by atoms with Gasteiger partial charge in [0.25, 0.3) is 0 Å². The number of hydrogen-bond acceptors (Lipinski definition) is 3. The van der Waals surface area contributed by atoms with Gasteiger partial charge in [-0.25, -0.2) is 0 Å². The summed E-state index contributed by atoms with van der Waals surface area (Å²) in [6.45, 7) is 5.52. The summed E-state index contributed by atoms with van der Waals surface area (Å²) in [7, 11) is 0. The van der Waals surface area contributed by atoms with Crippen molar-refractivity contribution in [2.75, 3.05) is 36.4 Å². The molecule has 2 amide bonds. The maximum Gasteiger partial charge on any atom is 0.230 e. The molecule has 5 aliphatic rings. The molecule has 1 aromatic rings. The summed E-state index contributed by atoms with van der Waals surface area (Å²) in [5.41, 5.74) is 1.99. The first-order valence-electron chi connectivity index (χ1n) is 13.0. The molecule has 32 heavy (non-hydrogen) atoms. The maximum absolute atomic E-state index is 13.3. The molecule has 4 bridgehead atoms. The number of anilines is 2. The molecule has 1 aliphatic heterocycles. The van der Waals surface area contributed by atoms with Crippen LogP contribution in [0, 0.1) is 23.2 Å². The van der Waals surface area contributed by atoms with Gasteiger partial charge in [0.2, 0.25) is 11.8 Å². The Kier molecular flexibility index (Phi) is 6.18. The van der Waals surface area contributed by atoms with Crippen LogP contribution in [0.3, 0.4) is 0 Å². The van der Waals surface area contributed by atoms with Crippen molar-refractivity contribution in [3.63, 3.8) is 0 Å². The Labute approximate surface area is 192 Å². The topological polar surface area (TPSA) is 52.7 Å². The minimum absolute atomic E-state index is 0.104. The van der Waals surface area contributed by atoms with E-state index < -0.39 is 0 Å². The Morgan fingerprint density at radius 3 is 2.06 bits per heavy atom. The smallest absolute Gasteiger partial charge is 0.230 e. The number of carbonyl (C=O) groups is 2. The number of nitrogens with one attached hydrogen (secondary N) is 1. The molecule has 1 aromatic carbocycles. The fraction of sp³-hybridized carbons (Fsp3) is 0.704. The third kappa shape index (κ3) is 4.40. The molecule has 5 heteroatoms. The van der Waals surface area contributed by atoms with Gasteiger partial charge >= 0.3 is 0 Å². The predicted octanol–water partition coefficient (Wildman–Crippen LogP) is 5.07. The van der Waals surface area contributed by atoms with Gasteiger partial charge in [0.1, 0.15) is 0 Å². The summed E-state index contributed by atoms with van der Waals surface area (Å²) in [4.78, 5) is 30.0. The van der Waals surface area contributed by atoms with Crippen LogP contribution >= 0.6 is 0 Å². The molecule has 0 spiro atoms. The lowest BCUT2D eigenvalue weighted by molar-refractivity contribution is -0.140. The van der Waals surface area contributed by atoms with Gasteiger partial charge in [0.15, 0.2) is 0 Å². The summed E-state index contributed by atoms with van der Waals surface area (Å²) in [6, 6.07) is 8.34. The van der Waals surface area contributed by atoms with E-state index in [4.69, 9.17) is 0 Å². The molecule has 5 fully saturated rings. The highest BCUT2D eigenvalue weighted by atomic mass is 16.2. The van der Waals surface area contributed by atoms with E-state index in [1.54, 1.807) is 0 Å². The normalized spacial score (nSPS) is 31.1. The van der Waals surface area contributed by atoms with Crippen LogP contribution in [0.15, 0.2) is 24.3 Å². The molecule has 4 aliphatic carbocycles. The van der Waals surface area contributed by atoms with E-state index >= 15 is 0 Å². The highest BCUT2D eigenvalue weighted by Crippen LogP contribution is 2.60. The Bertz CT molecular complexity index is 791. The Hall–Kier alpha value is -2.04. The molecular weight excluding hydrogens is 398 g/mol. The van der Waals surface area contributed by atoms with Gasteiger partial charge in [-0.2, -0.15) is 0 Å². The molecule has 1 N–H and O–H groups in total. The number of carbonyl (C=O) groups excluding carboxylic acids is 2. The van der Waals surface area contributed by atoms with Crippen LogP contribution in [0.4, 0.5) is 11.4 Å². The van der Waals surface area contributed by atoms with Crippen molar-refractivity contribution in [3.8, 4) is 0 Å². The number of hydrogen-bond donors (Lipinski definition) is 1. The zero-order valence-corrected chi connectivity index (χ0v) is 19.7. The average Bonchev–Trinajstić information content (AvgIpc) is 2.79. The highest BCUT2D eigenvalue weighted by molar-refractivity contribution is 5.95. The van der Waals surface area contributed by atoms with Crippen LogP contribution in [0.2, 0.25) is 0 Å². The monoisotopic (exact) mass is 437 g/mol. The van der Waals surface area contributed by atoms with Crippen LogP contribution in [0.1, 0.15) is 71.1 Å². The minimum atomic E-state index is -0.104. The maximum atomic E-state index is 13.3. The van der Waals surface area contributed by atoms with E-state index in [0.29, 0.717) is 12.3 Å². The van der Waals surface area contributed by atoms with Crippen molar-refractivity contribution in [3.05, 3.63) is 24.3 Å². The highest BCUT2D eigenvalue weighted by Gasteiger charge is 2.54. The van der Waals surface area contributed by atoms with Gasteiger partial charge < -0.3 is 15.1 Å². The van der Waals surface area contributed by atoms with Gasteiger partial charge in [0, 0.05) is 44.0 Å². The first-order valence-corrected chi connectivity index (χ1v) is 13.0. The van der Waals surface area contributed by atoms with E-state index in [0.717, 1.165) is 88.1 Å². The van der Waals surface area contributed by atoms with Gasteiger partial charge in [-0.15, -0.1) is 0 Å². The zero-order chi connectivity index (χ0) is 22.1. The van der Waals surface area contributed by atoms with Crippen molar-refractivity contribution in [1.82, 2.24) is 4.90 Å². The molecule has 0 atom stereocenters. The summed E-state index contributed by atoms with van der Waals surface area (Å²) in [6.07, 6.45) is 11.4. The summed E-state index contributed by atoms with van der Waals surface area (Å²) < 4.78 is 0. The second-order valence-electron chi connectivity index (χ2n) is 11.0. The summed E-state index contributed by atoms with van der Waals surface area (Å²) >= 11 is 0. The van der Waals surface area contributed by atoms with Crippen LogP contribution < -0.4 is 10.2 Å². The fourth-order valence-corrected chi connectivity index (χ4v) is 7.31. The molecule has 6 rings (SSSR count). The van der Waals surface area contributed by atoms with Crippen LogP contribution in [-0.2, 0) is 9.59 Å². The van der Waals surface area contributed by atoms with Gasteiger partial charge in [0.05, 0.1) is 5.41 Å². The first kappa shape index (κ1) is 21.8. The number of amides is 2. The Morgan fingerprint density at radius 1 is 0.906 bits per heavy atom. The summed E-state index contributed by atoms with van der Waals surface area (Å²) in [5.74, 6) is 2.92. The van der Waals surface area contributed by atoms with Crippen molar-refractivity contribution >= 4 is 23.2 Å². The number of unbranched alkanes of at least 4 members (excludes halogenated alkanes) is 2. The Morgan fingerprint density at radius 2 is 1.50 bits per heavy atom. The predicted molar refractivity (Wildman–Crippen MR) is 129 cm³/mol. The quantitative estimate of drug-likeness (QED) is 0.606. The van der Waals surface area contributed by atoms with E-state index in [1.165, 1.54) is 24.9 Å². The standard InChI is InChI=1S/C27H39N3O2/c1-2-3-4-5-25(31)30-12-10-29(11-13-30)24-8-6-23(7-9-24)28-26(32)27-17-20-14-21(18-27)16-22(15-20)19-27/h6-9,20-22H,2-5,10-19H2,1H3,(H,28,32). The van der Waals surface area contributed by atoms with Crippen molar-refractivity contribution in [2.24, 2.45) is 23.2 Å². The van der Waals surface area contributed by atoms with E-state index in [1.807, 2.05) is 4.90 Å². The van der Waals surface area contributed by atoms with Crippen LogP contribution in [0.5, 0.6) is 0 Å². The number of piperazine rings is 1. The van der Waals surface area contributed by atoms with E-state index in [-0.39, 0.29) is 11.3 Å². The van der Waals surface area contributed by atoms with E-state index in [9.17, 15) is 9.59 Å². The molecular formula is C27H39N3O2. The fourth-order valence-electron chi connectivity index (χ4n) is 7.31. The van der Waals surface area contributed by atoms with Gasteiger partial charge in [-0.3, -0.25) is 9.59 Å². The third-order valence-corrected chi connectivity index (χ3v) is 8.64. The van der Waals surface area contributed by atoms with Crippen molar-refractivity contribution < 1.29 is 9.59 Å².